The van der Waals surface area contributed by atoms with Gasteiger partial charge in [0.1, 0.15) is 5.75 Å². The molecule has 0 saturated carbocycles. The third-order valence-corrected chi connectivity index (χ3v) is 2.98. The van der Waals surface area contributed by atoms with E-state index in [0.29, 0.717) is 5.75 Å². The lowest BCUT2D eigenvalue weighted by Gasteiger charge is -2.11. The summed E-state index contributed by atoms with van der Waals surface area (Å²) in [5, 5.41) is 12.5. The molecule has 1 aliphatic rings. The lowest BCUT2D eigenvalue weighted by Crippen LogP contribution is -2.34. The molecule has 0 aliphatic heterocycles. The quantitative estimate of drug-likeness (QED) is 0.851. The third-order valence-electron chi connectivity index (χ3n) is 2.98. The molecule has 0 unspecified atom stereocenters. The zero-order valence-corrected chi connectivity index (χ0v) is 10.8. The van der Waals surface area contributed by atoms with E-state index in [2.05, 4.69) is 5.32 Å². The van der Waals surface area contributed by atoms with Crippen LogP contribution in [0.15, 0.2) is 18.2 Å². The summed E-state index contributed by atoms with van der Waals surface area (Å²) >= 11 is 0. The van der Waals surface area contributed by atoms with Crippen molar-refractivity contribution in [2.45, 2.75) is 38.8 Å². The topological polar surface area (TPSA) is 58.6 Å². The van der Waals surface area contributed by atoms with Crippen LogP contribution in [0.3, 0.4) is 0 Å². The SMILES string of the molecule is CC(C)NC(=O)COc1ccc2c(c1)CC[C@@H]2O. The van der Waals surface area contributed by atoms with Crippen LogP contribution in [0.5, 0.6) is 5.75 Å². The molecule has 0 saturated heterocycles. The summed E-state index contributed by atoms with van der Waals surface area (Å²) in [4.78, 5) is 11.4. The van der Waals surface area contributed by atoms with E-state index in [-0.39, 0.29) is 24.7 Å². The summed E-state index contributed by atoms with van der Waals surface area (Å²) in [6.45, 7) is 3.85. The van der Waals surface area contributed by atoms with E-state index in [0.717, 1.165) is 24.0 Å². The standard InChI is InChI=1S/C14H19NO3/c1-9(2)15-14(17)8-18-11-4-5-12-10(7-11)3-6-13(12)16/h4-5,7,9,13,16H,3,6,8H2,1-2H3,(H,15,17)/t13-/m0/s1. The number of benzene rings is 1. The minimum atomic E-state index is -0.349. The molecule has 1 aliphatic carbocycles. The van der Waals surface area contributed by atoms with Gasteiger partial charge in [0.15, 0.2) is 6.61 Å². The van der Waals surface area contributed by atoms with Gasteiger partial charge in [0, 0.05) is 6.04 Å². The number of amides is 1. The van der Waals surface area contributed by atoms with Crippen LogP contribution in [0.4, 0.5) is 0 Å². The number of aliphatic hydroxyl groups excluding tert-OH is 1. The molecule has 0 bridgehead atoms. The van der Waals surface area contributed by atoms with Crippen molar-refractivity contribution in [3.8, 4) is 5.75 Å². The summed E-state index contributed by atoms with van der Waals surface area (Å²) < 4.78 is 5.44. The number of carbonyl (C=O) groups excluding carboxylic acids is 1. The molecule has 0 spiro atoms. The van der Waals surface area contributed by atoms with Crippen LogP contribution in [0, 0.1) is 0 Å². The number of carbonyl (C=O) groups is 1. The molecular formula is C14H19NO3. The van der Waals surface area contributed by atoms with Gasteiger partial charge in [0.05, 0.1) is 6.10 Å². The van der Waals surface area contributed by atoms with E-state index < -0.39 is 0 Å². The van der Waals surface area contributed by atoms with Gasteiger partial charge in [-0.05, 0) is 49.9 Å². The van der Waals surface area contributed by atoms with Gasteiger partial charge in [-0.3, -0.25) is 4.79 Å². The Balaban J connectivity index is 1.93. The fourth-order valence-electron chi connectivity index (χ4n) is 2.17. The monoisotopic (exact) mass is 249 g/mol. The van der Waals surface area contributed by atoms with Gasteiger partial charge in [0.25, 0.3) is 5.91 Å². The van der Waals surface area contributed by atoms with E-state index >= 15 is 0 Å². The molecule has 98 valence electrons. The number of aryl methyl sites for hydroxylation is 1. The number of nitrogens with one attached hydrogen (secondary N) is 1. The maximum atomic E-state index is 11.4. The van der Waals surface area contributed by atoms with Crippen molar-refractivity contribution in [1.82, 2.24) is 5.32 Å². The summed E-state index contributed by atoms with van der Waals surface area (Å²) in [7, 11) is 0. The predicted octanol–water partition coefficient (Wildman–Crippen LogP) is 1.57. The molecule has 18 heavy (non-hydrogen) atoms. The highest BCUT2D eigenvalue weighted by Gasteiger charge is 2.20. The zero-order chi connectivity index (χ0) is 13.1. The first-order chi connectivity index (χ1) is 8.56. The predicted molar refractivity (Wildman–Crippen MR) is 68.5 cm³/mol. The van der Waals surface area contributed by atoms with Gasteiger partial charge in [-0.2, -0.15) is 0 Å². The largest absolute Gasteiger partial charge is 0.484 e. The smallest absolute Gasteiger partial charge is 0.258 e. The lowest BCUT2D eigenvalue weighted by molar-refractivity contribution is -0.123. The van der Waals surface area contributed by atoms with Crippen LogP contribution in [-0.4, -0.2) is 23.7 Å². The van der Waals surface area contributed by atoms with Crippen LogP contribution in [0.1, 0.15) is 37.5 Å². The molecular weight excluding hydrogens is 230 g/mol. The van der Waals surface area contributed by atoms with Crippen LogP contribution < -0.4 is 10.1 Å². The van der Waals surface area contributed by atoms with Crippen LogP contribution in [0.25, 0.3) is 0 Å². The fraction of sp³-hybridized carbons (Fsp3) is 0.500. The van der Waals surface area contributed by atoms with Crippen molar-refractivity contribution in [2.75, 3.05) is 6.61 Å². The fourth-order valence-corrected chi connectivity index (χ4v) is 2.17. The molecule has 1 atom stereocenters. The minimum absolute atomic E-state index is 0.0273. The van der Waals surface area contributed by atoms with Gasteiger partial charge >= 0.3 is 0 Å². The van der Waals surface area contributed by atoms with Gasteiger partial charge in [-0.1, -0.05) is 6.07 Å². The Morgan fingerprint density at radius 1 is 1.56 bits per heavy atom. The highest BCUT2D eigenvalue weighted by Crippen LogP contribution is 2.33. The number of hydrogen-bond acceptors (Lipinski definition) is 3. The van der Waals surface area contributed by atoms with Crippen molar-refractivity contribution in [2.24, 2.45) is 0 Å². The van der Waals surface area contributed by atoms with E-state index in [4.69, 9.17) is 4.74 Å². The molecule has 4 nitrogen and oxygen atoms in total. The maximum absolute atomic E-state index is 11.4. The van der Waals surface area contributed by atoms with Gasteiger partial charge in [-0.15, -0.1) is 0 Å². The molecule has 4 heteroatoms. The molecule has 2 rings (SSSR count). The normalized spacial score (nSPS) is 17.7. The average Bonchev–Trinajstić information content (AvgIpc) is 2.67. The Morgan fingerprint density at radius 3 is 3.06 bits per heavy atom. The molecule has 2 N–H and O–H groups in total. The van der Waals surface area contributed by atoms with Crippen LogP contribution in [-0.2, 0) is 11.2 Å². The van der Waals surface area contributed by atoms with Crippen molar-refractivity contribution in [1.29, 1.82) is 0 Å². The Hall–Kier alpha value is -1.55. The van der Waals surface area contributed by atoms with E-state index in [1.54, 1.807) is 6.07 Å². The number of hydrogen-bond donors (Lipinski definition) is 2. The first kappa shape index (κ1) is 12.9. The number of fused-ring (bicyclic) bond motifs is 1. The molecule has 0 radical (unpaired) electrons. The number of aliphatic hydroxyl groups is 1. The third kappa shape index (κ3) is 3.01. The molecule has 0 heterocycles. The highest BCUT2D eigenvalue weighted by atomic mass is 16.5. The van der Waals surface area contributed by atoms with E-state index in [9.17, 15) is 9.90 Å². The molecule has 1 aromatic rings. The summed E-state index contributed by atoms with van der Waals surface area (Å²) in [5.74, 6) is 0.562. The number of rotatable bonds is 4. The van der Waals surface area contributed by atoms with Gasteiger partial charge < -0.3 is 15.2 Å². The Kier molecular flexibility index (Phi) is 3.87. The molecule has 0 fully saturated rings. The summed E-state index contributed by atoms with van der Waals surface area (Å²) in [6, 6.07) is 5.71. The summed E-state index contributed by atoms with van der Waals surface area (Å²) in [6.07, 6.45) is 1.29. The lowest BCUT2D eigenvalue weighted by atomic mass is 10.1. The Labute approximate surface area is 107 Å². The maximum Gasteiger partial charge on any atom is 0.258 e. The molecule has 1 amide bonds. The second kappa shape index (κ2) is 5.40. The Bertz CT molecular complexity index is 443. The molecule has 0 aromatic heterocycles. The van der Waals surface area contributed by atoms with Gasteiger partial charge in [-0.25, -0.2) is 0 Å². The van der Waals surface area contributed by atoms with E-state index in [1.165, 1.54) is 0 Å². The van der Waals surface area contributed by atoms with Crippen molar-refractivity contribution >= 4 is 5.91 Å². The van der Waals surface area contributed by atoms with Crippen LogP contribution >= 0.6 is 0 Å². The highest BCUT2D eigenvalue weighted by molar-refractivity contribution is 5.77. The van der Waals surface area contributed by atoms with Crippen LogP contribution in [0.2, 0.25) is 0 Å². The zero-order valence-electron chi connectivity index (χ0n) is 10.8. The minimum Gasteiger partial charge on any atom is -0.484 e. The van der Waals surface area contributed by atoms with Crippen molar-refractivity contribution in [3.05, 3.63) is 29.3 Å². The summed E-state index contributed by atoms with van der Waals surface area (Å²) in [5.41, 5.74) is 2.10. The van der Waals surface area contributed by atoms with E-state index in [1.807, 2.05) is 26.0 Å². The second-order valence-corrected chi connectivity index (χ2v) is 4.93. The van der Waals surface area contributed by atoms with Crippen molar-refractivity contribution in [3.63, 3.8) is 0 Å². The Morgan fingerprint density at radius 2 is 2.33 bits per heavy atom. The number of ether oxygens (including phenoxy) is 1. The first-order valence-corrected chi connectivity index (χ1v) is 6.29. The second-order valence-electron chi connectivity index (χ2n) is 4.93. The van der Waals surface area contributed by atoms with Gasteiger partial charge in [0.2, 0.25) is 0 Å². The first-order valence-electron chi connectivity index (χ1n) is 6.29. The molecule has 1 aromatic carbocycles. The van der Waals surface area contributed by atoms with Crippen molar-refractivity contribution < 1.29 is 14.6 Å². The average molecular weight is 249 g/mol.